The third-order valence-corrected chi connectivity index (χ3v) is 4.76. The van der Waals surface area contributed by atoms with Crippen LogP contribution in [-0.2, 0) is 18.8 Å². The van der Waals surface area contributed by atoms with Crippen molar-refractivity contribution in [3.8, 4) is 16.8 Å². The van der Waals surface area contributed by atoms with Gasteiger partial charge in [0.25, 0.3) is 5.92 Å². The molecule has 1 aliphatic rings. The monoisotopic (exact) mass is 358 g/mol. The Hall–Kier alpha value is -2.70. The van der Waals surface area contributed by atoms with E-state index in [4.69, 9.17) is 0 Å². The van der Waals surface area contributed by atoms with E-state index in [1.54, 1.807) is 24.5 Å². The predicted molar refractivity (Wildman–Crippen MR) is 91.0 cm³/mol. The minimum absolute atomic E-state index is 0.121. The molecular weight excluding hydrogens is 341 g/mol. The van der Waals surface area contributed by atoms with E-state index in [-0.39, 0.29) is 11.1 Å². The Labute approximate surface area is 148 Å². The molecule has 0 aliphatic carbocycles. The van der Waals surface area contributed by atoms with Crippen LogP contribution in [0.3, 0.4) is 0 Å². The van der Waals surface area contributed by atoms with Gasteiger partial charge in [-0.05, 0) is 49.1 Å². The molecule has 0 N–H and O–H groups in total. The molecule has 1 aromatic carbocycles. The van der Waals surface area contributed by atoms with Gasteiger partial charge in [-0.25, -0.2) is 13.2 Å². The van der Waals surface area contributed by atoms with Gasteiger partial charge in [0.15, 0.2) is 0 Å². The number of halogens is 3. The summed E-state index contributed by atoms with van der Waals surface area (Å²) in [6.45, 7) is 4.20. The van der Waals surface area contributed by atoms with Crippen LogP contribution in [0.4, 0.5) is 13.2 Å². The third kappa shape index (κ3) is 2.50. The van der Waals surface area contributed by atoms with Gasteiger partial charge in [-0.3, -0.25) is 9.55 Å². The molecule has 134 valence electrons. The van der Waals surface area contributed by atoms with Gasteiger partial charge in [0.2, 0.25) is 0 Å². The molecule has 3 heterocycles. The van der Waals surface area contributed by atoms with E-state index in [9.17, 15) is 13.2 Å². The molecule has 1 aliphatic heterocycles. The number of nitrogens with zero attached hydrogens (tertiary/aromatic N) is 4. The maximum Gasteiger partial charge on any atom is 0.271 e. The number of hydrogen-bond acceptors (Lipinski definition) is 3. The Morgan fingerprint density at radius 3 is 2.58 bits per heavy atom. The number of pyridine rings is 1. The summed E-state index contributed by atoms with van der Waals surface area (Å²) in [6, 6.07) is 3.06. The smallest absolute Gasteiger partial charge is 0.271 e. The SMILES string of the molecule is Cc1cncc(-c2cc(F)c3c(c2)CCc2nnc(C)n2-3)c1C(C)(F)F. The average molecular weight is 358 g/mol. The summed E-state index contributed by atoms with van der Waals surface area (Å²) in [5, 5.41) is 8.09. The Balaban J connectivity index is 1.95. The lowest BCUT2D eigenvalue weighted by atomic mass is 9.91. The molecule has 26 heavy (non-hydrogen) atoms. The summed E-state index contributed by atoms with van der Waals surface area (Å²) < 4.78 is 45.0. The first-order chi connectivity index (χ1) is 12.3. The highest BCUT2D eigenvalue weighted by Crippen LogP contribution is 2.39. The van der Waals surface area contributed by atoms with E-state index in [1.807, 2.05) is 0 Å². The van der Waals surface area contributed by atoms with Gasteiger partial charge in [-0.2, -0.15) is 0 Å². The molecule has 2 aromatic heterocycles. The first kappa shape index (κ1) is 16.8. The number of aromatic nitrogens is 4. The summed E-state index contributed by atoms with van der Waals surface area (Å²) in [5.74, 6) is -2.22. The largest absolute Gasteiger partial charge is 0.280 e. The van der Waals surface area contributed by atoms with Crippen molar-refractivity contribution in [1.29, 1.82) is 0 Å². The number of hydrogen-bond donors (Lipinski definition) is 0. The quantitative estimate of drug-likeness (QED) is 0.686. The molecule has 0 fully saturated rings. The number of benzene rings is 1. The summed E-state index contributed by atoms with van der Waals surface area (Å²) in [5.41, 5.74) is 2.08. The second-order valence-electron chi connectivity index (χ2n) is 6.73. The lowest BCUT2D eigenvalue weighted by Crippen LogP contribution is -2.16. The molecule has 3 aromatic rings. The van der Waals surface area contributed by atoms with Crippen LogP contribution in [0, 0.1) is 19.7 Å². The Morgan fingerprint density at radius 1 is 1.08 bits per heavy atom. The van der Waals surface area contributed by atoms with Gasteiger partial charge in [0, 0.05) is 36.9 Å². The maximum absolute atomic E-state index is 15.0. The van der Waals surface area contributed by atoms with Gasteiger partial charge < -0.3 is 0 Å². The van der Waals surface area contributed by atoms with E-state index >= 15 is 0 Å². The van der Waals surface area contributed by atoms with Crippen LogP contribution in [-0.4, -0.2) is 19.7 Å². The van der Waals surface area contributed by atoms with Gasteiger partial charge in [-0.15, -0.1) is 10.2 Å². The van der Waals surface area contributed by atoms with Crippen molar-refractivity contribution in [3.05, 3.63) is 58.7 Å². The fraction of sp³-hybridized carbons (Fsp3) is 0.316. The Kier molecular flexibility index (Phi) is 3.64. The molecule has 0 bridgehead atoms. The molecule has 0 amide bonds. The van der Waals surface area contributed by atoms with Crippen LogP contribution >= 0.6 is 0 Å². The fourth-order valence-electron chi connectivity index (χ4n) is 3.72. The van der Waals surface area contributed by atoms with Crippen molar-refractivity contribution in [2.45, 2.75) is 39.5 Å². The summed E-state index contributed by atoms with van der Waals surface area (Å²) in [7, 11) is 0. The first-order valence-corrected chi connectivity index (χ1v) is 8.34. The number of fused-ring (bicyclic) bond motifs is 3. The minimum atomic E-state index is -3.05. The lowest BCUT2D eigenvalue weighted by Gasteiger charge is -2.22. The Bertz CT molecular complexity index is 1020. The molecule has 0 saturated heterocycles. The van der Waals surface area contributed by atoms with Crippen molar-refractivity contribution >= 4 is 0 Å². The topological polar surface area (TPSA) is 43.6 Å². The maximum atomic E-state index is 15.0. The van der Waals surface area contributed by atoms with Crippen molar-refractivity contribution in [2.75, 3.05) is 0 Å². The van der Waals surface area contributed by atoms with Gasteiger partial charge in [0.1, 0.15) is 17.5 Å². The summed E-state index contributed by atoms with van der Waals surface area (Å²) >= 11 is 0. The van der Waals surface area contributed by atoms with Crippen molar-refractivity contribution in [1.82, 2.24) is 19.7 Å². The highest BCUT2D eigenvalue weighted by atomic mass is 19.3. The van der Waals surface area contributed by atoms with Gasteiger partial charge >= 0.3 is 0 Å². The van der Waals surface area contributed by atoms with Crippen LogP contribution in [0.5, 0.6) is 0 Å². The molecule has 4 rings (SSSR count). The molecular formula is C19H17F3N4. The third-order valence-electron chi connectivity index (χ3n) is 4.76. The average Bonchev–Trinajstić information content (AvgIpc) is 2.94. The molecule has 4 nitrogen and oxygen atoms in total. The van der Waals surface area contributed by atoms with E-state index in [0.717, 1.165) is 12.5 Å². The molecule has 0 unspecified atom stereocenters. The first-order valence-electron chi connectivity index (χ1n) is 8.34. The molecule has 7 heteroatoms. The standard InChI is InChI=1S/C19H17F3N4/c1-10-8-23-9-14(17(10)19(3,21)22)13-6-12-4-5-16-25-24-11(2)26(16)18(12)15(20)7-13/h6-9H,4-5H2,1-3H3. The molecule has 0 atom stereocenters. The zero-order chi connectivity index (χ0) is 18.6. The van der Waals surface area contributed by atoms with E-state index in [0.29, 0.717) is 41.3 Å². The van der Waals surface area contributed by atoms with Crippen molar-refractivity contribution < 1.29 is 13.2 Å². The van der Waals surface area contributed by atoms with E-state index in [2.05, 4.69) is 15.2 Å². The highest BCUT2D eigenvalue weighted by Gasteiger charge is 2.31. The van der Waals surface area contributed by atoms with Crippen molar-refractivity contribution in [2.24, 2.45) is 0 Å². The van der Waals surface area contributed by atoms with Crippen LogP contribution in [0.25, 0.3) is 16.8 Å². The molecule has 0 spiro atoms. The van der Waals surface area contributed by atoms with Crippen LogP contribution in [0.1, 0.15) is 35.3 Å². The fourth-order valence-corrected chi connectivity index (χ4v) is 3.72. The second kappa shape index (κ2) is 5.65. The predicted octanol–water partition coefficient (Wildman–Crippen LogP) is 4.30. The zero-order valence-electron chi connectivity index (χ0n) is 14.6. The number of aryl methyl sites for hydroxylation is 4. The second-order valence-corrected chi connectivity index (χ2v) is 6.73. The highest BCUT2D eigenvalue weighted by molar-refractivity contribution is 5.71. The Morgan fingerprint density at radius 2 is 1.85 bits per heavy atom. The summed E-state index contributed by atoms with van der Waals surface area (Å²) in [6.07, 6.45) is 3.98. The summed E-state index contributed by atoms with van der Waals surface area (Å²) in [4.78, 5) is 4.04. The molecule has 0 saturated carbocycles. The van der Waals surface area contributed by atoms with Crippen LogP contribution < -0.4 is 0 Å². The lowest BCUT2D eigenvalue weighted by molar-refractivity contribution is 0.0173. The van der Waals surface area contributed by atoms with Crippen molar-refractivity contribution in [3.63, 3.8) is 0 Å². The zero-order valence-corrected chi connectivity index (χ0v) is 14.6. The minimum Gasteiger partial charge on any atom is -0.280 e. The van der Waals surface area contributed by atoms with E-state index in [1.165, 1.54) is 18.5 Å². The van der Waals surface area contributed by atoms with Gasteiger partial charge in [0.05, 0.1) is 5.69 Å². The number of alkyl halides is 2. The number of rotatable bonds is 2. The van der Waals surface area contributed by atoms with Crippen LogP contribution in [0.15, 0.2) is 24.5 Å². The van der Waals surface area contributed by atoms with E-state index < -0.39 is 11.7 Å². The van der Waals surface area contributed by atoms with Gasteiger partial charge in [-0.1, -0.05) is 0 Å². The molecule has 0 radical (unpaired) electrons. The van der Waals surface area contributed by atoms with Crippen LogP contribution in [0.2, 0.25) is 0 Å². The normalized spacial score (nSPS) is 13.5.